The van der Waals surface area contributed by atoms with Crippen molar-refractivity contribution in [2.75, 3.05) is 11.9 Å². The first-order valence-corrected chi connectivity index (χ1v) is 9.30. The number of amides is 3. The van der Waals surface area contributed by atoms with E-state index in [1.807, 2.05) is 0 Å². The summed E-state index contributed by atoms with van der Waals surface area (Å²) in [6.45, 7) is 0.572. The van der Waals surface area contributed by atoms with E-state index in [0.717, 1.165) is 5.56 Å². The highest BCUT2D eigenvalue weighted by Crippen LogP contribution is 2.12. The molecule has 0 saturated heterocycles. The first kappa shape index (κ1) is 20.7. The Balaban J connectivity index is 1.34. The van der Waals surface area contributed by atoms with Gasteiger partial charge >= 0.3 is 0 Å². The summed E-state index contributed by atoms with van der Waals surface area (Å²) >= 11 is 0. The first-order chi connectivity index (χ1) is 14.6. The van der Waals surface area contributed by atoms with Crippen LogP contribution < -0.4 is 16.0 Å². The molecule has 3 rings (SSSR count). The summed E-state index contributed by atoms with van der Waals surface area (Å²) < 4.78 is 10.1. The summed E-state index contributed by atoms with van der Waals surface area (Å²) in [4.78, 5) is 35.5. The molecule has 30 heavy (non-hydrogen) atoms. The molecule has 0 unspecified atom stereocenters. The maximum atomic E-state index is 11.9. The van der Waals surface area contributed by atoms with Crippen molar-refractivity contribution >= 4 is 29.5 Å². The number of nitrogens with one attached hydrogen (secondary N) is 3. The van der Waals surface area contributed by atoms with Crippen molar-refractivity contribution in [2.24, 2.45) is 0 Å². The summed E-state index contributed by atoms with van der Waals surface area (Å²) in [6, 6.07) is 13.8. The van der Waals surface area contributed by atoms with E-state index in [1.54, 1.807) is 54.6 Å². The van der Waals surface area contributed by atoms with Crippen LogP contribution in [0.5, 0.6) is 0 Å². The SMILES string of the molecule is O=C(/C=C/c1ccco1)NCCC(=O)NCc1ccc(NC(=O)c2ccco2)cc1. The zero-order valence-corrected chi connectivity index (χ0v) is 16.1. The topological polar surface area (TPSA) is 114 Å². The molecule has 1 aromatic carbocycles. The lowest BCUT2D eigenvalue weighted by molar-refractivity contribution is -0.121. The van der Waals surface area contributed by atoms with Crippen molar-refractivity contribution < 1.29 is 23.2 Å². The third-order valence-electron chi connectivity index (χ3n) is 4.04. The van der Waals surface area contributed by atoms with Gasteiger partial charge in [-0.2, -0.15) is 0 Å². The molecule has 0 radical (unpaired) electrons. The molecule has 0 aliphatic carbocycles. The molecule has 3 amide bonds. The molecule has 0 fully saturated rings. The minimum absolute atomic E-state index is 0.164. The van der Waals surface area contributed by atoms with Crippen LogP contribution in [0.1, 0.15) is 28.3 Å². The Kier molecular flexibility index (Phi) is 7.21. The van der Waals surface area contributed by atoms with E-state index in [-0.39, 0.29) is 36.4 Å². The van der Waals surface area contributed by atoms with Gasteiger partial charge in [0.05, 0.1) is 12.5 Å². The summed E-state index contributed by atoms with van der Waals surface area (Å²) in [5.74, 6) is -0.00154. The van der Waals surface area contributed by atoms with Crippen LogP contribution in [0.3, 0.4) is 0 Å². The maximum Gasteiger partial charge on any atom is 0.291 e. The van der Waals surface area contributed by atoms with Crippen LogP contribution >= 0.6 is 0 Å². The number of carbonyl (C=O) groups is 3. The Bertz CT molecular complexity index is 990. The lowest BCUT2D eigenvalue weighted by atomic mass is 10.2. The molecule has 0 aliphatic heterocycles. The Hall–Kier alpha value is -4.07. The summed E-state index contributed by atoms with van der Waals surface area (Å²) in [5, 5.41) is 8.14. The van der Waals surface area contributed by atoms with Gasteiger partial charge in [0.25, 0.3) is 5.91 Å². The molecule has 3 N–H and O–H groups in total. The molecule has 0 spiro atoms. The molecule has 154 valence electrons. The quantitative estimate of drug-likeness (QED) is 0.472. The van der Waals surface area contributed by atoms with E-state index in [2.05, 4.69) is 16.0 Å². The number of furan rings is 2. The van der Waals surface area contributed by atoms with Gasteiger partial charge in [-0.15, -0.1) is 0 Å². The second-order valence-corrected chi connectivity index (χ2v) is 6.29. The number of hydrogen-bond acceptors (Lipinski definition) is 5. The second kappa shape index (κ2) is 10.5. The minimum atomic E-state index is -0.331. The zero-order chi connectivity index (χ0) is 21.2. The van der Waals surface area contributed by atoms with E-state index in [1.165, 1.54) is 18.6 Å². The molecule has 2 heterocycles. The molecular weight excluding hydrogens is 386 g/mol. The number of benzene rings is 1. The predicted octanol–water partition coefficient (Wildman–Crippen LogP) is 2.96. The van der Waals surface area contributed by atoms with Crippen LogP contribution in [0.4, 0.5) is 5.69 Å². The van der Waals surface area contributed by atoms with Gasteiger partial charge in [-0.25, -0.2) is 0 Å². The van der Waals surface area contributed by atoms with Crippen LogP contribution in [0.2, 0.25) is 0 Å². The fourth-order valence-electron chi connectivity index (χ4n) is 2.50. The highest BCUT2D eigenvalue weighted by molar-refractivity contribution is 6.02. The largest absolute Gasteiger partial charge is 0.465 e. The van der Waals surface area contributed by atoms with Crippen LogP contribution in [0, 0.1) is 0 Å². The Morgan fingerprint density at radius 1 is 0.900 bits per heavy atom. The van der Waals surface area contributed by atoms with Crippen molar-refractivity contribution in [3.05, 3.63) is 84.2 Å². The van der Waals surface area contributed by atoms with Gasteiger partial charge in [0.2, 0.25) is 11.8 Å². The Labute approximate surface area is 172 Å². The Morgan fingerprint density at radius 3 is 2.37 bits per heavy atom. The second-order valence-electron chi connectivity index (χ2n) is 6.29. The van der Waals surface area contributed by atoms with Crippen molar-refractivity contribution in [1.29, 1.82) is 0 Å². The van der Waals surface area contributed by atoms with E-state index in [9.17, 15) is 14.4 Å². The van der Waals surface area contributed by atoms with Gasteiger partial charge in [0, 0.05) is 31.3 Å². The highest BCUT2D eigenvalue weighted by Gasteiger charge is 2.08. The lowest BCUT2D eigenvalue weighted by Gasteiger charge is -2.07. The fraction of sp³-hybridized carbons (Fsp3) is 0.136. The highest BCUT2D eigenvalue weighted by atomic mass is 16.3. The van der Waals surface area contributed by atoms with E-state index in [4.69, 9.17) is 8.83 Å². The normalized spacial score (nSPS) is 10.7. The van der Waals surface area contributed by atoms with Crippen LogP contribution in [0.15, 0.2) is 76.0 Å². The number of rotatable bonds is 9. The Morgan fingerprint density at radius 2 is 1.67 bits per heavy atom. The number of hydrogen-bond donors (Lipinski definition) is 3. The van der Waals surface area contributed by atoms with E-state index < -0.39 is 0 Å². The predicted molar refractivity (Wildman–Crippen MR) is 110 cm³/mol. The summed E-state index contributed by atoms with van der Waals surface area (Å²) in [6.07, 6.45) is 6.02. The van der Waals surface area contributed by atoms with Crippen molar-refractivity contribution in [1.82, 2.24) is 10.6 Å². The summed E-state index contributed by atoms with van der Waals surface area (Å²) in [5.41, 5.74) is 1.50. The average molecular weight is 407 g/mol. The maximum absolute atomic E-state index is 11.9. The van der Waals surface area contributed by atoms with Crippen LogP contribution in [-0.4, -0.2) is 24.3 Å². The molecule has 0 bridgehead atoms. The van der Waals surface area contributed by atoms with Crippen molar-refractivity contribution in [3.63, 3.8) is 0 Å². The molecule has 8 nitrogen and oxygen atoms in total. The van der Waals surface area contributed by atoms with E-state index in [0.29, 0.717) is 18.0 Å². The van der Waals surface area contributed by atoms with Gasteiger partial charge in [0.15, 0.2) is 5.76 Å². The summed E-state index contributed by atoms with van der Waals surface area (Å²) in [7, 11) is 0. The van der Waals surface area contributed by atoms with Crippen molar-refractivity contribution in [2.45, 2.75) is 13.0 Å². The molecule has 2 aromatic heterocycles. The van der Waals surface area contributed by atoms with Gasteiger partial charge in [-0.05, 0) is 48.0 Å². The molecule has 0 saturated carbocycles. The van der Waals surface area contributed by atoms with E-state index >= 15 is 0 Å². The third kappa shape index (κ3) is 6.52. The van der Waals surface area contributed by atoms with Gasteiger partial charge in [-0.1, -0.05) is 12.1 Å². The van der Waals surface area contributed by atoms with Crippen LogP contribution in [0.25, 0.3) is 6.08 Å². The zero-order valence-electron chi connectivity index (χ0n) is 16.1. The fourth-order valence-corrected chi connectivity index (χ4v) is 2.50. The van der Waals surface area contributed by atoms with Gasteiger partial charge < -0.3 is 24.8 Å². The number of anilines is 1. The van der Waals surface area contributed by atoms with Crippen LogP contribution in [-0.2, 0) is 16.1 Å². The smallest absolute Gasteiger partial charge is 0.291 e. The first-order valence-electron chi connectivity index (χ1n) is 9.30. The third-order valence-corrected chi connectivity index (χ3v) is 4.04. The molecule has 0 atom stereocenters. The molecular formula is C22H21N3O5. The monoisotopic (exact) mass is 407 g/mol. The average Bonchev–Trinajstić information content (AvgIpc) is 3.46. The lowest BCUT2D eigenvalue weighted by Crippen LogP contribution is -2.29. The van der Waals surface area contributed by atoms with Crippen molar-refractivity contribution in [3.8, 4) is 0 Å². The molecule has 0 aliphatic rings. The number of carbonyl (C=O) groups excluding carboxylic acids is 3. The standard InChI is InChI=1S/C22H21N3O5/c26-20(10-9-18-3-1-13-29-18)23-12-11-21(27)24-15-16-5-7-17(8-6-16)25-22(28)19-4-2-14-30-19/h1-10,13-14H,11-12,15H2,(H,23,26)(H,24,27)(H,25,28)/b10-9+. The van der Waals surface area contributed by atoms with Gasteiger partial charge in [-0.3, -0.25) is 14.4 Å². The van der Waals surface area contributed by atoms with Gasteiger partial charge in [0.1, 0.15) is 5.76 Å². The molecule has 8 heteroatoms. The molecule has 3 aromatic rings. The minimum Gasteiger partial charge on any atom is -0.465 e.